The predicted molar refractivity (Wildman–Crippen MR) is 329 cm³/mol. The number of rotatable bonds is 5. The predicted octanol–water partition coefficient (Wildman–Crippen LogP) is 21.6. The van der Waals surface area contributed by atoms with Gasteiger partial charge in [0.2, 0.25) is 0 Å². The highest BCUT2D eigenvalue weighted by atomic mass is 14.2. The van der Waals surface area contributed by atoms with Crippen molar-refractivity contribution < 1.29 is 0 Å². The molecule has 16 aromatic carbocycles. The lowest BCUT2D eigenvalue weighted by atomic mass is 9.85. The average molecular weight is 959 g/mol. The van der Waals surface area contributed by atoms with E-state index in [9.17, 15) is 0 Å². The Balaban J connectivity index is 0.959. The summed E-state index contributed by atoms with van der Waals surface area (Å²) in [7, 11) is 0. The SMILES string of the molecule is c1ccc2cc(-c3cc4c5ccc(-c6ccc7c(c6)c(-c6ccc8ccccc8c6)cc6c8ccccc8c(-c8ccc9ccccc9c8)cc76)cc5c(-c5ccc6ccccc6c5)cc4c4ccccc34)ccc2c1. The van der Waals surface area contributed by atoms with Gasteiger partial charge in [-0.05, 0) is 224 Å². The Morgan fingerprint density at radius 2 is 0.355 bits per heavy atom. The molecule has 0 spiro atoms. The minimum Gasteiger partial charge on any atom is -0.0616 e. The molecule has 0 atom stereocenters. The van der Waals surface area contributed by atoms with Gasteiger partial charge in [-0.25, -0.2) is 0 Å². The molecule has 76 heavy (non-hydrogen) atoms. The van der Waals surface area contributed by atoms with Gasteiger partial charge in [0.1, 0.15) is 0 Å². The highest BCUT2D eigenvalue weighted by molar-refractivity contribution is 6.26. The molecule has 0 amide bonds. The molecule has 0 saturated carbocycles. The molecule has 16 rings (SSSR count). The third-order valence-electron chi connectivity index (χ3n) is 16.5. The molecule has 0 saturated heterocycles. The van der Waals surface area contributed by atoms with E-state index in [4.69, 9.17) is 0 Å². The lowest BCUT2D eigenvalue weighted by Gasteiger charge is -2.18. The molecule has 0 bridgehead atoms. The van der Waals surface area contributed by atoms with E-state index in [2.05, 4.69) is 279 Å². The van der Waals surface area contributed by atoms with E-state index in [0.29, 0.717) is 0 Å². The summed E-state index contributed by atoms with van der Waals surface area (Å²) in [5.41, 5.74) is 12.2. The maximum atomic E-state index is 2.47. The van der Waals surface area contributed by atoms with Gasteiger partial charge in [-0.15, -0.1) is 0 Å². The summed E-state index contributed by atoms with van der Waals surface area (Å²) in [6.45, 7) is 0. The van der Waals surface area contributed by atoms with E-state index in [-0.39, 0.29) is 0 Å². The quantitative estimate of drug-likeness (QED) is 0.151. The molecule has 0 heteroatoms. The topological polar surface area (TPSA) is 0 Å². The molecule has 0 heterocycles. The van der Waals surface area contributed by atoms with E-state index in [1.165, 1.54) is 163 Å². The van der Waals surface area contributed by atoms with Crippen LogP contribution in [0, 0.1) is 0 Å². The maximum Gasteiger partial charge on any atom is -0.00923 e. The molecule has 0 aliphatic heterocycles. The van der Waals surface area contributed by atoms with Crippen LogP contribution in [-0.4, -0.2) is 0 Å². The average Bonchev–Trinajstić information content (AvgIpc) is 3.62. The van der Waals surface area contributed by atoms with Gasteiger partial charge in [-0.1, -0.05) is 218 Å². The van der Waals surface area contributed by atoms with Crippen molar-refractivity contribution >= 4 is 108 Å². The smallest absolute Gasteiger partial charge is 0.00923 e. The summed E-state index contributed by atoms with van der Waals surface area (Å²) >= 11 is 0. The van der Waals surface area contributed by atoms with Gasteiger partial charge in [-0.2, -0.15) is 0 Å². The van der Waals surface area contributed by atoms with Crippen molar-refractivity contribution in [3.8, 4) is 55.6 Å². The monoisotopic (exact) mass is 958 g/mol. The van der Waals surface area contributed by atoms with Crippen molar-refractivity contribution in [2.45, 2.75) is 0 Å². The number of hydrogen-bond acceptors (Lipinski definition) is 0. The van der Waals surface area contributed by atoms with Gasteiger partial charge in [0, 0.05) is 0 Å². The van der Waals surface area contributed by atoms with E-state index in [1.54, 1.807) is 0 Å². The third kappa shape index (κ3) is 6.78. The molecular weight excluding hydrogens is 913 g/mol. The number of fused-ring (bicyclic) bond motifs is 14. The van der Waals surface area contributed by atoms with Crippen LogP contribution in [0.15, 0.2) is 279 Å². The highest BCUT2D eigenvalue weighted by Crippen LogP contribution is 2.47. The van der Waals surface area contributed by atoms with Gasteiger partial charge < -0.3 is 0 Å². The first-order valence-corrected chi connectivity index (χ1v) is 26.5. The third-order valence-corrected chi connectivity index (χ3v) is 16.5. The largest absolute Gasteiger partial charge is 0.0616 e. The molecule has 0 unspecified atom stereocenters. The van der Waals surface area contributed by atoms with E-state index in [1.807, 2.05) is 0 Å². The molecule has 0 aliphatic rings. The van der Waals surface area contributed by atoms with Crippen LogP contribution < -0.4 is 0 Å². The summed E-state index contributed by atoms with van der Waals surface area (Å²) < 4.78 is 0. The summed E-state index contributed by atoms with van der Waals surface area (Å²) in [6, 6.07) is 105. The minimum absolute atomic E-state index is 1.19. The van der Waals surface area contributed by atoms with Crippen LogP contribution in [0.5, 0.6) is 0 Å². The van der Waals surface area contributed by atoms with Gasteiger partial charge in [0.05, 0.1) is 0 Å². The van der Waals surface area contributed by atoms with Crippen LogP contribution in [0.2, 0.25) is 0 Å². The Kier molecular flexibility index (Phi) is 9.44. The van der Waals surface area contributed by atoms with Crippen molar-refractivity contribution in [2.24, 2.45) is 0 Å². The van der Waals surface area contributed by atoms with Crippen molar-refractivity contribution in [3.63, 3.8) is 0 Å². The summed E-state index contributed by atoms with van der Waals surface area (Å²) in [4.78, 5) is 0. The number of hydrogen-bond donors (Lipinski definition) is 0. The van der Waals surface area contributed by atoms with E-state index >= 15 is 0 Å². The Hall–Kier alpha value is -9.88. The van der Waals surface area contributed by atoms with Crippen LogP contribution in [0.4, 0.5) is 0 Å². The van der Waals surface area contributed by atoms with Crippen molar-refractivity contribution in [3.05, 3.63) is 279 Å². The Bertz CT molecular complexity index is 4790. The van der Waals surface area contributed by atoms with Crippen LogP contribution in [-0.2, 0) is 0 Å². The first-order chi connectivity index (χ1) is 37.6. The maximum absolute atomic E-state index is 2.47. The molecule has 0 aromatic heterocycles. The first kappa shape index (κ1) is 42.6. The van der Waals surface area contributed by atoms with Gasteiger partial charge in [0.15, 0.2) is 0 Å². The van der Waals surface area contributed by atoms with Gasteiger partial charge >= 0.3 is 0 Å². The molecule has 0 nitrogen and oxygen atoms in total. The van der Waals surface area contributed by atoms with Gasteiger partial charge in [0.25, 0.3) is 0 Å². The van der Waals surface area contributed by atoms with E-state index < -0.39 is 0 Å². The first-order valence-electron chi connectivity index (χ1n) is 26.5. The molecule has 350 valence electrons. The molecular formula is C76H46. The van der Waals surface area contributed by atoms with Crippen LogP contribution in [0.1, 0.15) is 0 Å². The fraction of sp³-hybridized carbons (Fsp3) is 0. The Morgan fingerprint density at radius 3 is 0.671 bits per heavy atom. The zero-order valence-corrected chi connectivity index (χ0v) is 41.6. The second-order valence-electron chi connectivity index (χ2n) is 20.7. The summed E-state index contributed by atoms with van der Waals surface area (Å²) in [5, 5.41) is 25.0. The fourth-order valence-corrected chi connectivity index (χ4v) is 12.7. The van der Waals surface area contributed by atoms with Crippen molar-refractivity contribution in [1.82, 2.24) is 0 Å². The number of benzene rings is 16. The molecule has 16 aromatic rings. The van der Waals surface area contributed by atoms with E-state index in [0.717, 1.165) is 0 Å². The van der Waals surface area contributed by atoms with Gasteiger partial charge in [-0.3, -0.25) is 0 Å². The second-order valence-corrected chi connectivity index (χ2v) is 20.7. The Labute approximate surface area is 440 Å². The van der Waals surface area contributed by atoms with Crippen LogP contribution >= 0.6 is 0 Å². The molecule has 0 N–H and O–H groups in total. The zero-order chi connectivity index (χ0) is 49.8. The Morgan fingerprint density at radius 1 is 0.118 bits per heavy atom. The van der Waals surface area contributed by atoms with Crippen molar-refractivity contribution in [1.29, 1.82) is 0 Å². The zero-order valence-electron chi connectivity index (χ0n) is 41.6. The summed E-state index contributed by atoms with van der Waals surface area (Å²) in [5.74, 6) is 0. The molecule has 0 fully saturated rings. The van der Waals surface area contributed by atoms with Crippen LogP contribution in [0.25, 0.3) is 163 Å². The lowest BCUT2D eigenvalue weighted by Crippen LogP contribution is -1.91. The highest BCUT2D eigenvalue weighted by Gasteiger charge is 2.19. The fourth-order valence-electron chi connectivity index (χ4n) is 12.7. The normalized spacial score (nSPS) is 11.9. The minimum atomic E-state index is 1.19. The summed E-state index contributed by atoms with van der Waals surface area (Å²) in [6.07, 6.45) is 0. The standard InChI is InChI=1S/C76H46/c1-5-17-51-37-57(29-25-47(51)13-1)67-43-75-65-35-33-55(41-71(65)69(45-73(75)63-23-11-9-21-61(63)67)59-31-27-49-15-3-7-19-53(49)39-59)56-34-36-66-72(42-56)70(60-32-28-50-16-4-8-20-54(50)40-60)46-74-64-24-12-10-22-62(64)68(44-76(66)74)58-30-26-48-14-2-6-18-52(48)38-58/h1-46H. The van der Waals surface area contributed by atoms with Crippen molar-refractivity contribution in [2.75, 3.05) is 0 Å². The molecule has 0 aliphatic carbocycles. The lowest BCUT2D eigenvalue weighted by molar-refractivity contribution is 1.66. The second kappa shape index (κ2) is 16.8. The molecule has 0 radical (unpaired) electrons. The van der Waals surface area contributed by atoms with Crippen LogP contribution in [0.3, 0.4) is 0 Å².